The summed E-state index contributed by atoms with van der Waals surface area (Å²) >= 11 is 6.97. The van der Waals surface area contributed by atoms with E-state index in [2.05, 4.69) is 14.9 Å². The Hall–Kier alpha value is -1.66. The van der Waals surface area contributed by atoms with E-state index < -0.39 is 0 Å². The predicted octanol–water partition coefficient (Wildman–Crippen LogP) is 3.26. The number of halogens is 1. The van der Waals surface area contributed by atoms with Crippen LogP contribution in [-0.4, -0.2) is 14.7 Å². The fourth-order valence-corrected chi connectivity index (χ4v) is 2.08. The first-order chi connectivity index (χ1) is 9.11. The lowest BCUT2D eigenvalue weighted by atomic mass is 10.3. The van der Waals surface area contributed by atoms with Crippen LogP contribution in [0, 0.1) is 5.41 Å². The van der Waals surface area contributed by atoms with Gasteiger partial charge in [-0.3, -0.25) is 9.98 Å². The average Bonchev–Trinajstić information content (AvgIpc) is 2.78. The predicted molar refractivity (Wildman–Crippen MR) is 79.3 cm³/mol. The summed E-state index contributed by atoms with van der Waals surface area (Å²) in [6.45, 7) is 3.97. The van der Waals surface area contributed by atoms with Crippen molar-refractivity contribution in [3.05, 3.63) is 34.1 Å². The lowest BCUT2D eigenvalue weighted by molar-refractivity contribution is 0.956. The fourth-order valence-electron chi connectivity index (χ4n) is 1.39. The molecule has 100 valence electrons. The minimum atomic E-state index is 0.328. The monoisotopic (exact) mass is 295 g/mol. The van der Waals surface area contributed by atoms with E-state index in [1.807, 2.05) is 26.0 Å². The molecule has 0 aliphatic carbocycles. The van der Waals surface area contributed by atoms with Gasteiger partial charge in [0.25, 0.3) is 0 Å². The zero-order valence-corrected chi connectivity index (χ0v) is 12.2. The van der Waals surface area contributed by atoms with Gasteiger partial charge in [0, 0.05) is 22.3 Å². The minimum absolute atomic E-state index is 0.328. The van der Waals surface area contributed by atoms with Crippen molar-refractivity contribution in [3.8, 4) is 5.69 Å². The first-order valence-corrected chi connectivity index (χ1v) is 6.95. The van der Waals surface area contributed by atoms with Gasteiger partial charge in [-0.05, 0) is 37.6 Å². The molecule has 1 aromatic carbocycles. The molecule has 2 rings (SSSR count). The van der Waals surface area contributed by atoms with Crippen LogP contribution in [-0.2, 0) is 0 Å². The SMILES string of the molecule is CC/C(C)=N/Nc1nsc(=N)n1-c1ccc(Cl)cc1. The van der Waals surface area contributed by atoms with Crippen LogP contribution in [0.15, 0.2) is 29.4 Å². The van der Waals surface area contributed by atoms with E-state index in [0.29, 0.717) is 15.8 Å². The van der Waals surface area contributed by atoms with E-state index in [4.69, 9.17) is 17.0 Å². The molecule has 0 spiro atoms. The Kier molecular flexibility index (Phi) is 4.34. The van der Waals surface area contributed by atoms with Crippen LogP contribution < -0.4 is 10.2 Å². The summed E-state index contributed by atoms with van der Waals surface area (Å²) in [5, 5.41) is 12.8. The maximum atomic E-state index is 7.91. The molecule has 5 nitrogen and oxygen atoms in total. The van der Waals surface area contributed by atoms with Crippen molar-refractivity contribution in [2.75, 3.05) is 5.43 Å². The van der Waals surface area contributed by atoms with Gasteiger partial charge >= 0.3 is 0 Å². The Morgan fingerprint density at radius 1 is 1.47 bits per heavy atom. The molecule has 0 radical (unpaired) electrons. The molecular formula is C12H14ClN5S. The van der Waals surface area contributed by atoms with Crippen LogP contribution in [0.25, 0.3) is 5.69 Å². The summed E-state index contributed by atoms with van der Waals surface area (Å²) in [7, 11) is 0. The maximum Gasteiger partial charge on any atom is 0.241 e. The Morgan fingerprint density at radius 2 is 2.16 bits per heavy atom. The van der Waals surface area contributed by atoms with Crippen molar-refractivity contribution in [1.82, 2.24) is 8.94 Å². The lowest BCUT2D eigenvalue weighted by Gasteiger charge is -2.06. The second-order valence-electron chi connectivity index (χ2n) is 3.94. The molecule has 0 saturated carbocycles. The van der Waals surface area contributed by atoms with Gasteiger partial charge in [-0.15, -0.1) is 0 Å². The van der Waals surface area contributed by atoms with E-state index in [1.165, 1.54) is 0 Å². The van der Waals surface area contributed by atoms with Gasteiger partial charge in [0.05, 0.1) is 5.69 Å². The van der Waals surface area contributed by atoms with E-state index in [1.54, 1.807) is 16.7 Å². The average molecular weight is 296 g/mol. The summed E-state index contributed by atoms with van der Waals surface area (Å²) in [6.07, 6.45) is 0.867. The van der Waals surface area contributed by atoms with Crippen LogP contribution in [0.4, 0.5) is 5.95 Å². The number of nitrogens with zero attached hydrogens (tertiary/aromatic N) is 3. The molecule has 0 aliphatic heterocycles. The first-order valence-electron chi connectivity index (χ1n) is 5.80. The Labute approximate surface area is 120 Å². The Morgan fingerprint density at radius 3 is 2.79 bits per heavy atom. The maximum absolute atomic E-state index is 7.91. The number of anilines is 1. The molecule has 0 aliphatic rings. The van der Waals surface area contributed by atoms with Crippen molar-refractivity contribution in [1.29, 1.82) is 5.41 Å². The normalized spacial score (nSPS) is 11.6. The highest BCUT2D eigenvalue weighted by Gasteiger charge is 2.08. The minimum Gasteiger partial charge on any atom is -0.273 e. The van der Waals surface area contributed by atoms with Gasteiger partial charge in [-0.1, -0.05) is 18.5 Å². The number of hydrogen-bond donors (Lipinski definition) is 2. The van der Waals surface area contributed by atoms with Gasteiger partial charge in [-0.2, -0.15) is 9.47 Å². The van der Waals surface area contributed by atoms with Gasteiger partial charge in [0.15, 0.2) is 0 Å². The molecular weight excluding hydrogens is 282 g/mol. The number of rotatable bonds is 4. The first kappa shape index (κ1) is 13.8. The van der Waals surface area contributed by atoms with E-state index in [0.717, 1.165) is 29.4 Å². The summed E-state index contributed by atoms with van der Waals surface area (Å²) < 4.78 is 5.87. The molecule has 0 bridgehead atoms. The second-order valence-corrected chi connectivity index (χ2v) is 5.12. The van der Waals surface area contributed by atoms with Gasteiger partial charge in [0.1, 0.15) is 0 Å². The zero-order chi connectivity index (χ0) is 13.8. The highest BCUT2D eigenvalue weighted by atomic mass is 35.5. The number of benzene rings is 1. The van der Waals surface area contributed by atoms with Gasteiger partial charge < -0.3 is 0 Å². The highest BCUT2D eigenvalue weighted by Crippen LogP contribution is 2.16. The molecule has 19 heavy (non-hydrogen) atoms. The van der Waals surface area contributed by atoms with Crippen LogP contribution >= 0.6 is 23.1 Å². The molecule has 2 N–H and O–H groups in total. The summed E-state index contributed by atoms with van der Waals surface area (Å²) in [5.74, 6) is 0.533. The summed E-state index contributed by atoms with van der Waals surface area (Å²) in [5.41, 5.74) is 4.70. The summed E-state index contributed by atoms with van der Waals surface area (Å²) in [4.78, 5) is 0.328. The standard InChI is InChI=1S/C12H14ClN5S/c1-3-8(2)15-16-12-17-19-11(14)18(12)10-6-4-9(13)5-7-10/h4-7,14H,3H2,1-2H3,(H,16,17)/b14-11?,15-8+. The number of aromatic nitrogens is 2. The van der Waals surface area contributed by atoms with Crippen molar-refractivity contribution in [2.24, 2.45) is 5.10 Å². The third-order valence-electron chi connectivity index (χ3n) is 2.58. The highest BCUT2D eigenvalue weighted by molar-refractivity contribution is 7.03. The molecule has 1 heterocycles. The van der Waals surface area contributed by atoms with Crippen LogP contribution in [0.1, 0.15) is 20.3 Å². The number of hydrogen-bond acceptors (Lipinski definition) is 5. The molecule has 7 heteroatoms. The zero-order valence-electron chi connectivity index (χ0n) is 10.6. The molecule has 1 aromatic heterocycles. The van der Waals surface area contributed by atoms with Gasteiger partial charge in [-0.25, -0.2) is 5.43 Å². The van der Waals surface area contributed by atoms with Crippen LogP contribution in [0.3, 0.4) is 0 Å². The Bertz CT molecular complexity index is 641. The lowest BCUT2D eigenvalue weighted by Crippen LogP contribution is -2.13. The molecule has 0 saturated heterocycles. The van der Waals surface area contributed by atoms with Gasteiger partial charge in [0.2, 0.25) is 10.7 Å². The quantitative estimate of drug-likeness (QED) is 0.671. The van der Waals surface area contributed by atoms with Crippen molar-refractivity contribution >= 4 is 34.8 Å². The van der Waals surface area contributed by atoms with Crippen molar-refractivity contribution in [3.63, 3.8) is 0 Å². The van der Waals surface area contributed by atoms with Crippen molar-refractivity contribution in [2.45, 2.75) is 20.3 Å². The van der Waals surface area contributed by atoms with Crippen LogP contribution in [0.2, 0.25) is 5.02 Å². The Balaban J connectivity index is 2.38. The van der Waals surface area contributed by atoms with E-state index in [9.17, 15) is 0 Å². The molecule has 0 atom stereocenters. The molecule has 0 amide bonds. The molecule has 0 fully saturated rings. The second kappa shape index (κ2) is 5.99. The van der Waals surface area contributed by atoms with Crippen LogP contribution in [0.5, 0.6) is 0 Å². The van der Waals surface area contributed by atoms with E-state index >= 15 is 0 Å². The number of hydrazone groups is 1. The van der Waals surface area contributed by atoms with E-state index in [-0.39, 0.29) is 0 Å². The third-order valence-corrected chi connectivity index (χ3v) is 3.45. The largest absolute Gasteiger partial charge is 0.273 e. The smallest absolute Gasteiger partial charge is 0.241 e. The number of nitrogens with one attached hydrogen (secondary N) is 2. The topological polar surface area (TPSA) is 66.1 Å². The van der Waals surface area contributed by atoms with Crippen molar-refractivity contribution < 1.29 is 0 Å². The summed E-state index contributed by atoms with van der Waals surface area (Å²) in [6, 6.07) is 7.25. The molecule has 0 unspecified atom stereocenters. The third kappa shape index (κ3) is 3.21. The molecule has 2 aromatic rings. The fraction of sp³-hybridized carbons (Fsp3) is 0.250.